The molecule has 304 valence electrons. The van der Waals surface area contributed by atoms with Crippen molar-refractivity contribution >= 4 is 62.4 Å². The summed E-state index contributed by atoms with van der Waals surface area (Å²) in [5.41, 5.74) is -1.52. The van der Waals surface area contributed by atoms with E-state index in [0.717, 1.165) is 27.6 Å². The molecule has 0 spiro atoms. The summed E-state index contributed by atoms with van der Waals surface area (Å²) in [5.74, 6) is -3.33. The van der Waals surface area contributed by atoms with Crippen LogP contribution >= 0.6 is 22.7 Å². The SMILES string of the molecule is Cc1ccc(-c2nc(C(=O)N3C[C@H]4CN5C(=O)[C@@H](NC(=O)OCC(C)(C)C)CCCCC/C=C\[C@H]6C[C@@]6(C(=O)NS(=O)(=O)C6(C)CC6)NC(=O)[C@@H]5[C@H]4C3)cs2)s1. The minimum atomic E-state index is -4.00. The van der Waals surface area contributed by atoms with E-state index in [1.807, 2.05) is 52.0 Å². The van der Waals surface area contributed by atoms with Gasteiger partial charge < -0.3 is 25.2 Å². The molecular formula is C39H52N6O8S3. The molecule has 5 amide bonds. The van der Waals surface area contributed by atoms with Crippen LogP contribution in [-0.4, -0.2) is 102 Å². The van der Waals surface area contributed by atoms with E-state index >= 15 is 0 Å². The number of carbonyl (C=O) groups is 5. The number of sulfonamides is 1. The Morgan fingerprint density at radius 2 is 1.86 bits per heavy atom. The lowest BCUT2D eigenvalue weighted by Crippen LogP contribution is -2.60. The summed E-state index contributed by atoms with van der Waals surface area (Å²) in [6.07, 6.45) is 7.40. The number of nitrogens with zero attached hydrogens (tertiary/aromatic N) is 3. The van der Waals surface area contributed by atoms with Gasteiger partial charge in [-0.25, -0.2) is 18.2 Å². The topological polar surface area (TPSA) is 184 Å². The number of nitrogens with one attached hydrogen (secondary N) is 3. The number of thiophene rings is 1. The van der Waals surface area contributed by atoms with Gasteiger partial charge in [0.25, 0.3) is 11.8 Å². The number of rotatable bonds is 7. The third-order valence-electron chi connectivity index (χ3n) is 11.7. The van der Waals surface area contributed by atoms with Gasteiger partial charge in [-0.3, -0.25) is 23.9 Å². The van der Waals surface area contributed by atoms with Crippen molar-refractivity contribution in [1.29, 1.82) is 0 Å². The fraction of sp³-hybridized carbons (Fsp3) is 0.641. The molecule has 5 aliphatic rings. The van der Waals surface area contributed by atoms with E-state index in [1.165, 1.54) is 16.2 Å². The van der Waals surface area contributed by atoms with Crippen molar-refractivity contribution in [2.45, 2.75) is 108 Å². The fourth-order valence-electron chi connectivity index (χ4n) is 8.00. The Balaban J connectivity index is 1.17. The molecular weight excluding hydrogens is 777 g/mol. The number of alkyl carbamates (subject to hydrolysis) is 1. The lowest BCUT2D eigenvalue weighted by atomic mass is 9.93. The van der Waals surface area contributed by atoms with Crippen molar-refractivity contribution in [1.82, 2.24) is 30.1 Å². The molecule has 0 radical (unpaired) electrons. The van der Waals surface area contributed by atoms with E-state index < -0.39 is 68.0 Å². The first-order valence-corrected chi connectivity index (χ1v) is 22.7. The largest absolute Gasteiger partial charge is 0.449 e. The van der Waals surface area contributed by atoms with Crippen molar-refractivity contribution < 1.29 is 37.1 Å². The highest BCUT2D eigenvalue weighted by atomic mass is 32.2. The molecule has 6 atom stereocenters. The van der Waals surface area contributed by atoms with Gasteiger partial charge in [-0.2, -0.15) is 0 Å². The van der Waals surface area contributed by atoms with Crippen LogP contribution in [0.5, 0.6) is 0 Å². The summed E-state index contributed by atoms with van der Waals surface area (Å²) in [4.78, 5) is 80.1. The lowest BCUT2D eigenvalue weighted by molar-refractivity contribution is -0.142. The number of thiazole rings is 1. The monoisotopic (exact) mass is 828 g/mol. The summed E-state index contributed by atoms with van der Waals surface area (Å²) >= 11 is 2.99. The minimum Gasteiger partial charge on any atom is -0.449 e. The van der Waals surface area contributed by atoms with Crippen LogP contribution < -0.4 is 15.4 Å². The maximum Gasteiger partial charge on any atom is 0.407 e. The Hall–Kier alpha value is -3.83. The molecule has 2 aliphatic carbocycles. The molecule has 2 aromatic rings. The van der Waals surface area contributed by atoms with Crippen molar-refractivity contribution in [3.63, 3.8) is 0 Å². The molecule has 3 N–H and O–H groups in total. The Morgan fingerprint density at radius 1 is 1.09 bits per heavy atom. The molecule has 0 aromatic carbocycles. The van der Waals surface area contributed by atoms with Gasteiger partial charge in [0, 0.05) is 47.6 Å². The Morgan fingerprint density at radius 3 is 2.55 bits per heavy atom. The number of allylic oxidation sites excluding steroid dienone is 1. The molecule has 56 heavy (non-hydrogen) atoms. The zero-order chi connectivity index (χ0) is 40.2. The van der Waals surface area contributed by atoms with Crippen LogP contribution in [0.4, 0.5) is 4.79 Å². The van der Waals surface area contributed by atoms with E-state index in [2.05, 4.69) is 20.3 Å². The zero-order valence-electron chi connectivity index (χ0n) is 32.6. The van der Waals surface area contributed by atoms with Gasteiger partial charge in [0.2, 0.25) is 21.8 Å². The number of amides is 5. The summed E-state index contributed by atoms with van der Waals surface area (Å²) in [5, 5.41) is 8.21. The van der Waals surface area contributed by atoms with Crippen LogP contribution in [0.15, 0.2) is 29.7 Å². The molecule has 3 aliphatic heterocycles. The van der Waals surface area contributed by atoms with Gasteiger partial charge >= 0.3 is 6.09 Å². The van der Waals surface area contributed by atoms with Gasteiger partial charge in [-0.1, -0.05) is 45.8 Å². The third kappa shape index (κ3) is 8.26. The number of fused-ring (bicyclic) bond motifs is 4. The molecule has 7 rings (SSSR count). The van der Waals surface area contributed by atoms with Crippen molar-refractivity contribution in [2.24, 2.45) is 23.2 Å². The highest BCUT2D eigenvalue weighted by molar-refractivity contribution is 7.91. The first-order chi connectivity index (χ1) is 26.4. The average molecular weight is 829 g/mol. The second kappa shape index (κ2) is 15.2. The van der Waals surface area contributed by atoms with Gasteiger partial charge in [0.1, 0.15) is 28.3 Å². The summed E-state index contributed by atoms with van der Waals surface area (Å²) in [6.45, 7) is 10.1. The van der Waals surface area contributed by atoms with Crippen LogP contribution in [0, 0.1) is 30.1 Å². The van der Waals surface area contributed by atoms with Crippen molar-refractivity contribution in [2.75, 3.05) is 26.2 Å². The number of carbonyl (C=O) groups excluding carboxylic acids is 5. The summed E-state index contributed by atoms with van der Waals surface area (Å²) < 4.78 is 33.1. The first-order valence-electron chi connectivity index (χ1n) is 19.5. The standard InChI is InChI=1S/C39H52N6O8S3/c1-23-13-14-29(55-23)32-40-28(21-54-32)33(47)44-18-24-19-45-30(26(24)20-44)31(46)42-39(35(49)43-56(51,52)38(5)15-16-38)17-25(39)11-9-7-6-8-10-12-27(34(45)48)41-36(50)53-22-37(2,3)4/h9,11,13-14,21,24-27,30H,6-8,10,12,15-20,22H2,1-5H3,(H,41,50)(H,42,46)(H,43,49)/b11-9-/t24-,25-,26-,27-,30-,39+/m0/s1. The number of hydrogen-bond donors (Lipinski definition) is 3. The average Bonchev–Trinajstić information content (AvgIpc) is 3.66. The summed E-state index contributed by atoms with van der Waals surface area (Å²) in [7, 11) is -4.00. The van der Waals surface area contributed by atoms with Crippen molar-refractivity contribution in [3.05, 3.63) is 40.2 Å². The number of aromatic nitrogens is 1. The molecule has 2 aromatic heterocycles. The number of likely N-dealkylation sites (tertiary alicyclic amines) is 1. The van der Waals surface area contributed by atoms with Gasteiger partial charge in [-0.05, 0) is 69.9 Å². The van der Waals surface area contributed by atoms with E-state index in [1.54, 1.807) is 28.5 Å². The van der Waals surface area contributed by atoms with E-state index in [4.69, 9.17) is 4.74 Å². The molecule has 14 nitrogen and oxygen atoms in total. The van der Waals surface area contributed by atoms with Gasteiger partial charge in [-0.15, -0.1) is 22.7 Å². The van der Waals surface area contributed by atoms with E-state index in [9.17, 15) is 32.4 Å². The molecule has 17 heteroatoms. The molecule has 0 unspecified atom stereocenters. The molecule has 2 saturated carbocycles. The van der Waals surface area contributed by atoms with Crippen molar-refractivity contribution in [3.8, 4) is 9.88 Å². The highest BCUT2D eigenvalue weighted by Crippen LogP contribution is 2.48. The fourth-order valence-corrected chi connectivity index (χ4v) is 11.0. The maximum atomic E-state index is 14.7. The minimum absolute atomic E-state index is 0.141. The second-order valence-corrected chi connectivity index (χ2v) is 21.9. The Kier molecular flexibility index (Phi) is 10.9. The smallest absolute Gasteiger partial charge is 0.407 e. The first kappa shape index (κ1) is 40.4. The van der Waals surface area contributed by atoms with Gasteiger partial charge in [0.05, 0.1) is 16.2 Å². The van der Waals surface area contributed by atoms with Crippen LogP contribution in [0.3, 0.4) is 0 Å². The summed E-state index contributed by atoms with van der Waals surface area (Å²) in [6, 6.07) is 1.91. The second-order valence-electron chi connectivity index (χ2n) is 17.6. The highest BCUT2D eigenvalue weighted by Gasteiger charge is 2.64. The number of ether oxygens (including phenoxy) is 1. The lowest BCUT2D eigenvalue weighted by Gasteiger charge is -2.33. The third-order valence-corrected chi connectivity index (χ3v) is 15.9. The Labute approximate surface area is 336 Å². The molecule has 5 heterocycles. The van der Waals surface area contributed by atoms with Gasteiger partial charge in [0.15, 0.2) is 0 Å². The van der Waals surface area contributed by atoms with Crippen LogP contribution in [0.2, 0.25) is 0 Å². The zero-order valence-corrected chi connectivity index (χ0v) is 35.0. The van der Waals surface area contributed by atoms with E-state index in [0.29, 0.717) is 37.8 Å². The number of hydrogen-bond acceptors (Lipinski definition) is 11. The predicted octanol–water partition coefficient (Wildman–Crippen LogP) is 4.61. The van der Waals surface area contributed by atoms with Crippen LogP contribution in [-0.2, 0) is 29.1 Å². The predicted molar refractivity (Wildman–Crippen MR) is 212 cm³/mol. The molecule has 2 saturated heterocycles. The number of aryl methyl sites for hydroxylation is 1. The van der Waals surface area contributed by atoms with Crippen LogP contribution in [0.25, 0.3) is 9.88 Å². The maximum absolute atomic E-state index is 14.7. The normalized spacial score (nSPS) is 29.5. The quantitative estimate of drug-likeness (QED) is 0.336. The van der Waals surface area contributed by atoms with E-state index in [-0.39, 0.29) is 49.9 Å². The molecule has 4 fully saturated rings. The molecule has 0 bridgehead atoms. The Bertz CT molecular complexity index is 2030. The van der Waals surface area contributed by atoms with Crippen LogP contribution in [0.1, 0.15) is 94.4 Å².